The van der Waals surface area contributed by atoms with Crippen molar-refractivity contribution in [2.24, 2.45) is 17.8 Å². The second kappa shape index (κ2) is 11.4. The Kier molecular flexibility index (Phi) is 8.60. The minimum Gasteiger partial charge on any atom is -0.481 e. The number of aromatic amines is 1. The van der Waals surface area contributed by atoms with Crippen LogP contribution in [0.2, 0.25) is 0 Å². The maximum absolute atomic E-state index is 13.5. The average Bonchev–Trinajstić information content (AvgIpc) is 3.25. The fourth-order valence-electron chi connectivity index (χ4n) is 5.99. The Morgan fingerprint density at radius 3 is 1.95 bits per heavy atom. The smallest absolute Gasteiger partial charge is 0.416 e. The molecule has 1 heterocycles. The summed E-state index contributed by atoms with van der Waals surface area (Å²) in [5.74, 6) is -5.30. The fourth-order valence-corrected chi connectivity index (χ4v) is 7.32. The monoisotopic (exact) mass is 636 g/mol. The normalized spacial score (nSPS) is 25.1. The van der Waals surface area contributed by atoms with Gasteiger partial charge in [0.2, 0.25) is 5.16 Å². The molecule has 2 aliphatic carbocycles. The van der Waals surface area contributed by atoms with E-state index in [0.29, 0.717) is 0 Å². The van der Waals surface area contributed by atoms with Gasteiger partial charge in [0.1, 0.15) is 11.9 Å². The summed E-state index contributed by atoms with van der Waals surface area (Å²) in [6.07, 6.45) is -8.20. The molecule has 1 aromatic heterocycles. The molecule has 16 heteroatoms. The zero-order chi connectivity index (χ0) is 29.7. The number of benzene rings is 2. The van der Waals surface area contributed by atoms with Gasteiger partial charge in [0.05, 0.1) is 17.0 Å². The van der Waals surface area contributed by atoms with E-state index in [1.54, 1.807) is 0 Å². The van der Waals surface area contributed by atoms with Gasteiger partial charge in [-0.15, -0.1) is 17.5 Å². The summed E-state index contributed by atoms with van der Waals surface area (Å²) in [6.45, 7) is -0.778. The van der Waals surface area contributed by atoms with Crippen molar-refractivity contribution in [1.82, 2.24) is 20.1 Å². The van der Waals surface area contributed by atoms with Gasteiger partial charge in [-0.2, -0.15) is 26.3 Å². The molecule has 0 spiro atoms. The molecule has 8 nitrogen and oxygen atoms in total. The molecule has 3 aromatic rings. The number of nitrogens with one attached hydrogen (secondary N) is 1. The van der Waals surface area contributed by atoms with E-state index in [4.69, 9.17) is 0 Å². The lowest BCUT2D eigenvalue weighted by Gasteiger charge is -2.41. The van der Waals surface area contributed by atoms with Crippen molar-refractivity contribution in [2.75, 3.05) is 0 Å². The van der Waals surface area contributed by atoms with Crippen LogP contribution in [0.15, 0.2) is 60.0 Å². The van der Waals surface area contributed by atoms with Crippen molar-refractivity contribution in [3.05, 3.63) is 77.1 Å². The Morgan fingerprint density at radius 1 is 0.976 bits per heavy atom. The van der Waals surface area contributed by atoms with Crippen LogP contribution in [-0.2, 0) is 35.0 Å². The number of carbonyl (C=O) groups is 2. The zero-order valence-corrected chi connectivity index (χ0v) is 22.9. The number of carboxylic acid groups (broad SMARTS) is 2. The summed E-state index contributed by atoms with van der Waals surface area (Å²) in [6, 6.07) is 8.43. The van der Waals surface area contributed by atoms with Crippen LogP contribution in [0.25, 0.3) is 0 Å². The number of hydrogen-bond acceptors (Lipinski definition) is 6. The van der Waals surface area contributed by atoms with Gasteiger partial charge in [0.25, 0.3) is 0 Å². The van der Waals surface area contributed by atoms with Gasteiger partial charge in [0, 0.05) is 24.3 Å². The van der Waals surface area contributed by atoms with E-state index in [1.165, 1.54) is 23.4 Å². The van der Waals surface area contributed by atoms with Crippen LogP contribution < -0.4 is 0 Å². The molecule has 5 rings (SSSR count). The maximum Gasteiger partial charge on any atom is 0.416 e. The third kappa shape index (κ3) is 5.95. The molecule has 2 saturated carbocycles. The standard InChI is InChI=1S/C26H22F6N4O4S.ClH/c27-25(28,29)15-5-1-3-13(7-15)10-36(11-14-4-2-6-16(8-14)26(30,31)32)24(22(39)40)9-17(41-23-33-12-34-35-23)18-19(20(18)24)21(37)38;/h1-8,12,17-20H,9-11H2,(H,37,38)(H,39,40)(H,33,34,35);1H/t17-,18-,19-,20-,24-;/m0./s1. The number of nitrogens with zero attached hydrogens (tertiary/aromatic N) is 3. The third-order valence-corrected chi connectivity index (χ3v) is 8.88. The average molecular weight is 637 g/mol. The molecule has 0 radical (unpaired) electrons. The van der Waals surface area contributed by atoms with Crippen LogP contribution in [0, 0.1) is 17.8 Å². The van der Waals surface area contributed by atoms with Gasteiger partial charge in [0.15, 0.2) is 0 Å². The fraction of sp³-hybridized carbons (Fsp3) is 0.385. The van der Waals surface area contributed by atoms with Gasteiger partial charge in [-0.1, -0.05) is 48.2 Å². The summed E-state index contributed by atoms with van der Waals surface area (Å²) in [4.78, 5) is 30.6. The predicted molar refractivity (Wildman–Crippen MR) is 139 cm³/mol. The van der Waals surface area contributed by atoms with Crippen molar-refractivity contribution in [2.45, 2.75) is 47.8 Å². The lowest BCUT2D eigenvalue weighted by atomic mass is 9.86. The van der Waals surface area contributed by atoms with Crippen LogP contribution in [0.5, 0.6) is 0 Å². The highest BCUT2D eigenvalue weighted by atomic mass is 35.5. The second-order valence-corrected chi connectivity index (χ2v) is 11.3. The predicted octanol–water partition coefficient (Wildman–Crippen LogP) is 5.60. The number of alkyl halides is 6. The van der Waals surface area contributed by atoms with Crippen LogP contribution in [-0.4, -0.2) is 53.0 Å². The molecule has 5 atom stereocenters. The topological polar surface area (TPSA) is 119 Å². The molecule has 2 fully saturated rings. The Labute approximate surface area is 244 Å². The SMILES string of the molecule is Cl.O=C(O)[C@H]1[C@H]2[C@@H]1[C@@](C(=O)O)(N(Cc1cccc(C(F)(F)F)c1)Cc1cccc(C(F)(F)F)c1)C[C@@H]2Sc1nc[nH]n1. The van der Waals surface area contributed by atoms with E-state index in [9.17, 15) is 46.1 Å². The first-order valence-corrected chi connectivity index (χ1v) is 13.2. The highest BCUT2D eigenvalue weighted by Crippen LogP contribution is 2.67. The number of fused-ring (bicyclic) bond motifs is 1. The van der Waals surface area contributed by atoms with Crippen LogP contribution in [0.3, 0.4) is 0 Å². The largest absolute Gasteiger partial charge is 0.481 e. The number of aromatic nitrogens is 3. The molecule has 2 aliphatic rings. The summed E-state index contributed by atoms with van der Waals surface area (Å²) >= 11 is 1.09. The van der Waals surface area contributed by atoms with Gasteiger partial charge >= 0.3 is 24.3 Å². The minimum atomic E-state index is -4.69. The molecule has 0 amide bonds. The first-order chi connectivity index (χ1) is 19.2. The van der Waals surface area contributed by atoms with Gasteiger partial charge < -0.3 is 10.2 Å². The first-order valence-electron chi connectivity index (χ1n) is 12.3. The van der Waals surface area contributed by atoms with E-state index in [0.717, 1.165) is 48.2 Å². The van der Waals surface area contributed by atoms with E-state index >= 15 is 0 Å². The highest BCUT2D eigenvalue weighted by molar-refractivity contribution is 7.99. The van der Waals surface area contributed by atoms with Crippen molar-refractivity contribution >= 4 is 36.1 Å². The molecular formula is C26H23ClF6N4O4S. The van der Waals surface area contributed by atoms with Gasteiger partial charge in [-0.05, 0) is 35.6 Å². The molecule has 2 aromatic carbocycles. The van der Waals surface area contributed by atoms with Crippen LogP contribution in [0.1, 0.15) is 28.7 Å². The van der Waals surface area contributed by atoms with Crippen molar-refractivity contribution in [3.63, 3.8) is 0 Å². The van der Waals surface area contributed by atoms with Crippen LogP contribution in [0.4, 0.5) is 26.3 Å². The third-order valence-electron chi connectivity index (χ3n) is 7.69. The van der Waals surface area contributed by atoms with Gasteiger partial charge in [-0.25, -0.2) is 4.98 Å². The maximum atomic E-state index is 13.5. The van der Waals surface area contributed by atoms with Crippen LogP contribution >= 0.6 is 24.2 Å². The molecular weight excluding hydrogens is 614 g/mol. The molecule has 3 N–H and O–H groups in total. The summed E-state index contributed by atoms with van der Waals surface area (Å²) in [5.41, 5.74) is -3.72. The van der Waals surface area contributed by atoms with Crippen molar-refractivity contribution < 1.29 is 46.1 Å². The molecule has 0 bridgehead atoms. The molecule has 0 unspecified atom stereocenters. The molecule has 0 saturated heterocycles. The van der Waals surface area contributed by atoms with E-state index in [2.05, 4.69) is 15.2 Å². The van der Waals surface area contributed by atoms with Gasteiger partial charge in [-0.3, -0.25) is 19.6 Å². The summed E-state index contributed by atoms with van der Waals surface area (Å²) in [7, 11) is 0. The minimum absolute atomic E-state index is 0. The number of halogens is 7. The van der Waals surface area contributed by atoms with E-state index in [1.807, 2.05) is 0 Å². The lowest BCUT2D eigenvalue weighted by Crippen LogP contribution is -2.56. The number of thioether (sulfide) groups is 1. The molecule has 226 valence electrons. The summed E-state index contributed by atoms with van der Waals surface area (Å²) in [5, 5.41) is 26.7. The lowest BCUT2D eigenvalue weighted by molar-refractivity contribution is -0.156. The second-order valence-electron chi connectivity index (χ2n) is 10.1. The zero-order valence-electron chi connectivity index (χ0n) is 21.3. The Hall–Kier alpha value is -3.30. The number of rotatable bonds is 9. The molecule has 42 heavy (non-hydrogen) atoms. The number of hydrogen-bond donors (Lipinski definition) is 3. The van der Waals surface area contributed by atoms with Crippen molar-refractivity contribution in [1.29, 1.82) is 0 Å². The number of H-pyrrole nitrogens is 1. The highest BCUT2D eigenvalue weighted by Gasteiger charge is 2.76. The van der Waals surface area contributed by atoms with E-state index in [-0.39, 0.29) is 48.2 Å². The van der Waals surface area contributed by atoms with E-state index < -0.39 is 64.0 Å². The quantitative estimate of drug-likeness (QED) is 0.260. The number of aliphatic carboxylic acids is 2. The Bertz CT molecular complexity index is 1400. The Morgan fingerprint density at radius 2 is 1.52 bits per heavy atom. The molecule has 0 aliphatic heterocycles. The first kappa shape index (κ1) is 31.6. The number of carboxylic acids is 2. The summed E-state index contributed by atoms with van der Waals surface area (Å²) < 4.78 is 80.7. The Balaban J connectivity index is 0.00000405. The van der Waals surface area contributed by atoms with Crippen molar-refractivity contribution in [3.8, 4) is 0 Å².